The van der Waals surface area contributed by atoms with Crippen LogP contribution in [0, 0.1) is 0 Å². The van der Waals surface area contributed by atoms with E-state index in [1.165, 1.54) is 6.92 Å². The van der Waals surface area contributed by atoms with E-state index in [1.807, 2.05) is 0 Å². The van der Waals surface area contributed by atoms with E-state index in [0.717, 1.165) is 6.42 Å². The lowest BCUT2D eigenvalue weighted by molar-refractivity contribution is -0.142. The lowest BCUT2D eigenvalue weighted by atomic mass is 10.1. The van der Waals surface area contributed by atoms with Gasteiger partial charge < -0.3 is 42.9 Å². The van der Waals surface area contributed by atoms with Crippen LogP contribution in [0.5, 0.6) is 0 Å². The fourth-order valence-electron chi connectivity index (χ4n) is 3.06. The number of aliphatic imine (C=N–C) groups is 1. The minimum Gasteiger partial charge on any atom is -0.480 e. The van der Waals surface area contributed by atoms with Crippen molar-refractivity contribution < 1.29 is 29.4 Å². The average Bonchev–Trinajstić information content (AvgIpc) is 3.26. The molecule has 5 unspecified atom stereocenters. The van der Waals surface area contributed by atoms with Crippen LogP contribution >= 0.6 is 12.6 Å². The topological polar surface area (TPSA) is 221 Å². The molecule has 182 valence electrons. The number of nitrogens with two attached hydrogens (primary N) is 2. The van der Waals surface area contributed by atoms with Gasteiger partial charge in [0.15, 0.2) is 5.96 Å². The number of aliphatic hydroxyl groups excluding tert-OH is 1. The van der Waals surface area contributed by atoms with Gasteiger partial charge in [-0.25, -0.2) is 4.79 Å². The Morgan fingerprint density at radius 1 is 1.16 bits per heavy atom. The molecule has 1 saturated heterocycles. The Hall–Kier alpha value is -2.58. The fourth-order valence-corrected chi connectivity index (χ4v) is 3.31. The minimum absolute atomic E-state index is 0.104. The average molecular weight is 476 g/mol. The van der Waals surface area contributed by atoms with Crippen molar-refractivity contribution in [3.8, 4) is 0 Å². The highest BCUT2D eigenvalue weighted by Crippen LogP contribution is 2.07. The minimum atomic E-state index is -1.44. The summed E-state index contributed by atoms with van der Waals surface area (Å²) in [4.78, 5) is 52.8. The quantitative estimate of drug-likeness (QED) is 0.0561. The monoisotopic (exact) mass is 475 g/mol. The van der Waals surface area contributed by atoms with Crippen molar-refractivity contribution in [2.75, 3.05) is 18.8 Å². The van der Waals surface area contributed by atoms with Crippen molar-refractivity contribution >= 4 is 42.3 Å². The summed E-state index contributed by atoms with van der Waals surface area (Å²) in [7, 11) is 0. The summed E-state index contributed by atoms with van der Waals surface area (Å²) in [6.07, 6.45) is 0.666. The number of carbonyl (C=O) groups excluding carboxylic acids is 3. The van der Waals surface area contributed by atoms with Crippen molar-refractivity contribution in [3.63, 3.8) is 0 Å². The second-order valence-corrected chi connectivity index (χ2v) is 7.83. The lowest BCUT2D eigenvalue weighted by Gasteiger charge is -2.26. The number of amides is 3. The number of aliphatic hydroxyl groups is 1. The molecule has 1 aliphatic rings. The molecule has 0 aliphatic carbocycles. The third-order valence-corrected chi connectivity index (χ3v) is 5.18. The van der Waals surface area contributed by atoms with Gasteiger partial charge in [-0.1, -0.05) is 0 Å². The van der Waals surface area contributed by atoms with E-state index in [-0.39, 0.29) is 30.6 Å². The van der Waals surface area contributed by atoms with Crippen LogP contribution in [0.4, 0.5) is 0 Å². The standard InChI is InChI=1S/C18H33N7O6S/c1-9(26)13(16(29)24-12(8-32)17(30)31)25-15(28)11(5-3-7-22-18(19)20)23-14(27)10-4-2-6-21-10/h9-13,21,26,32H,2-8H2,1H3,(H,23,27)(H,24,29)(H,25,28)(H,30,31)(H4,19,20,22). The number of guanidine groups is 1. The molecule has 0 radical (unpaired) electrons. The predicted octanol–water partition coefficient (Wildman–Crippen LogP) is -3.36. The van der Waals surface area contributed by atoms with Gasteiger partial charge in [0.2, 0.25) is 17.7 Å². The van der Waals surface area contributed by atoms with Crippen LogP contribution in [0.2, 0.25) is 0 Å². The second-order valence-electron chi connectivity index (χ2n) is 7.47. The Bertz CT molecular complexity index is 695. The number of nitrogens with zero attached hydrogens (tertiary/aromatic N) is 1. The molecule has 0 bridgehead atoms. The van der Waals surface area contributed by atoms with Crippen molar-refractivity contribution in [2.45, 2.75) is 62.9 Å². The molecule has 1 heterocycles. The molecule has 0 aromatic carbocycles. The summed E-state index contributed by atoms with van der Waals surface area (Å²) in [6, 6.07) is -4.18. The molecule has 1 rings (SSSR count). The lowest BCUT2D eigenvalue weighted by Crippen LogP contribution is -2.60. The highest BCUT2D eigenvalue weighted by atomic mass is 32.1. The predicted molar refractivity (Wildman–Crippen MR) is 120 cm³/mol. The molecule has 3 amide bonds. The van der Waals surface area contributed by atoms with Crippen LogP contribution in [-0.2, 0) is 19.2 Å². The van der Waals surface area contributed by atoms with Crippen LogP contribution in [0.25, 0.3) is 0 Å². The number of carboxylic acids is 1. The summed E-state index contributed by atoms with van der Waals surface area (Å²) >= 11 is 3.87. The molecule has 14 heteroatoms. The molecule has 0 aromatic heterocycles. The van der Waals surface area contributed by atoms with Crippen LogP contribution in [0.1, 0.15) is 32.6 Å². The third-order valence-electron chi connectivity index (χ3n) is 4.81. The first-order chi connectivity index (χ1) is 15.1. The molecule has 1 fully saturated rings. The van der Waals surface area contributed by atoms with Crippen LogP contribution in [-0.4, -0.2) is 89.0 Å². The van der Waals surface area contributed by atoms with Gasteiger partial charge in [0, 0.05) is 12.3 Å². The molecule has 0 saturated carbocycles. The fraction of sp³-hybridized carbons (Fsp3) is 0.722. The van der Waals surface area contributed by atoms with Gasteiger partial charge in [0.1, 0.15) is 18.1 Å². The number of rotatable bonds is 13. The molecular weight excluding hydrogens is 442 g/mol. The van der Waals surface area contributed by atoms with Gasteiger partial charge in [0.25, 0.3) is 0 Å². The van der Waals surface area contributed by atoms with E-state index < -0.39 is 48.1 Å². The molecule has 1 aliphatic heterocycles. The van der Waals surface area contributed by atoms with Gasteiger partial charge in [-0.15, -0.1) is 0 Å². The Labute approximate surface area is 191 Å². The number of aliphatic carboxylic acids is 1. The van der Waals surface area contributed by atoms with E-state index >= 15 is 0 Å². The molecular formula is C18H33N7O6S. The van der Waals surface area contributed by atoms with Crippen LogP contribution < -0.4 is 32.7 Å². The first kappa shape index (κ1) is 27.5. The molecule has 5 atom stereocenters. The van der Waals surface area contributed by atoms with Gasteiger partial charge in [-0.05, 0) is 39.2 Å². The van der Waals surface area contributed by atoms with E-state index in [2.05, 4.69) is 38.9 Å². The molecule has 32 heavy (non-hydrogen) atoms. The maximum Gasteiger partial charge on any atom is 0.327 e. The summed E-state index contributed by atoms with van der Waals surface area (Å²) in [5.41, 5.74) is 10.6. The molecule has 10 N–H and O–H groups in total. The Balaban J connectivity index is 2.87. The van der Waals surface area contributed by atoms with E-state index in [0.29, 0.717) is 19.4 Å². The highest BCUT2D eigenvalue weighted by molar-refractivity contribution is 7.80. The Morgan fingerprint density at radius 3 is 2.34 bits per heavy atom. The second kappa shape index (κ2) is 13.8. The Kier molecular flexibility index (Phi) is 11.8. The Morgan fingerprint density at radius 2 is 1.84 bits per heavy atom. The largest absolute Gasteiger partial charge is 0.480 e. The SMILES string of the molecule is CC(O)C(NC(=O)C(CCCN=C(N)N)NC(=O)C1CCCN1)C(=O)NC(CS)C(=O)O. The first-order valence-corrected chi connectivity index (χ1v) is 10.9. The van der Waals surface area contributed by atoms with Crippen LogP contribution in [0.3, 0.4) is 0 Å². The first-order valence-electron chi connectivity index (χ1n) is 10.3. The number of carboxylic acid groups (broad SMARTS) is 1. The highest BCUT2D eigenvalue weighted by Gasteiger charge is 2.33. The number of hydrogen-bond acceptors (Lipinski definition) is 8. The summed E-state index contributed by atoms with van der Waals surface area (Å²) in [6.45, 7) is 2.20. The molecule has 13 nitrogen and oxygen atoms in total. The normalized spacial score (nSPS) is 19.2. The zero-order valence-corrected chi connectivity index (χ0v) is 18.8. The van der Waals surface area contributed by atoms with E-state index in [9.17, 15) is 24.3 Å². The molecule has 0 spiro atoms. The van der Waals surface area contributed by atoms with Crippen molar-refractivity contribution in [2.24, 2.45) is 16.5 Å². The van der Waals surface area contributed by atoms with Gasteiger partial charge in [-0.3, -0.25) is 19.4 Å². The number of carbonyl (C=O) groups is 4. The number of nitrogens with one attached hydrogen (secondary N) is 4. The van der Waals surface area contributed by atoms with Gasteiger partial charge >= 0.3 is 5.97 Å². The zero-order valence-electron chi connectivity index (χ0n) is 17.9. The van der Waals surface area contributed by atoms with E-state index in [4.69, 9.17) is 16.6 Å². The maximum atomic E-state index is 12.9. The zero-order chi connectivity index (χ0) is 24.3. The smallest absolute Gasteiger partial charge is 0.327 e. The number of hydrogen-bond donors (Lipinski definition) is 9. The molecule has 0 aromatic rings. The van der Waals surface area contributed by atoms with Crippen molar-refractivity contribution in [3.05, 3.63) is 0 Å². The summed E-state index contributed by atoms with van der Waals surface area (Å²) in [5, 5.41) is 29.4. The van der Waals surface area contributed by atoms with Gasteiger partial charge in [0.05, 0.1) is 12.1 Å². The van der Waals surface area contributed by atoms with E-state index in [1.54, 1.807) is 0 Å². The number of thiol groups is 1. The maximum absolute atomic E-state index is 12.9. The van der Waals surface area contributed by atoms with Gasteiger partial charge in [-0.2, -0.15) is 12.6 Å². The van der Waals surface area contributed by atoms with Crippen molar-refractivity contribution in [1.29, 1.82) is 0 Å². The third kappa shape index (κ3) is 9.28. The summed E-state index contributed by atoms with van der Waals surface area (Å²) < 4.78 is 0. The van der Waals surface area contributed by atoms with Crippen molar-refractivity contribution in [1.82, 2.24) is 21.3 Å². The van der Waals surface area contributed by atoms with Crippen LogP contribution in [0.15, 0.2) is 4.99 Å². The summed E-state index contributed by atoms with van der Waals surface area (Å²) in [5.74, 6) is -3.55.